The maximum Gasteiger partial charge on any atom is 0.346 e. The molecule has 0 unspecified atom stereocenters. The minimum atomic E-state index is -1.18. The fourth-order valence-corrected chi connectivity index (χ4v) is 1.98. The summed E-state index contributed by atoms with van der Waals surface area (Å²) in [5.41, 5.74) is -1.14. The quantitative estimate of drug-likeness (QED) is 0.731. The van der Waals surface area contributed by atoms with Gasteiger partial charge in [0.15, 0.2) is 5.03 Å². The second kappa shape index (κ2) is 4.36. The van der Waals surface area contributed by atoms with Crippen LogP contribution in [-0.2, 0) is 18.9 Å². The van der Waals surface area contributed by atoms with E-state index in [2.05, 4.69) is 5.10 Å². The second-order valence-corrected chi connectivity index (χ2v) is 5.60. The van der Waals surface area contributed by atoms with Gasteiger partial charge in [-0.15, -0.1) is 0 Å². The molecule has 0 aliphatic carbocycles. The van der Waals surface area contributed by atoms with Crippen LogP contribution in [0.1, 0.15) is 13.8 Å². The predicted molar refractivity (Wildman–Crippen MR) is 62.3 cm³/mol. The monoisotopic (exact) mass is 259 g/mol. The smallest absolute Gasteiger partial charge is 0.346 e. The Kier molecular flexibility index (Phi) is 3.46. The number of aliphatic carboxylic acids is 1. The molecule has 1 heterocycles. The Morgan fingerprint density at radius 1 is 1.35 bits per heavy atom. The summed E-state index contributed by atoms with van der Waals surface area (Å²) in [4.78, 5) is 34.0. The largest absolute Gasteiger partial charge is 0.480 e. The molecule has 0 bridgehead atoms. The van der Waals surface area contributed by atoms with E-state index in [9.17, 15) is 14.4 Å². The molecule has 0 radical (unpaired) electrons. The molecule has 0 amide bonds. The summed E-state index contributed by atoms with van der Waals surface area (Å²) in [6.07, 6.45) is 0. The summed E-state index contributed by atoms with van der Waals surface area (Å²) >= 11 is 0.814. The van der Waals surface area contributed by atoms with Crippen LogP contribution in [0, 0.1) is 0 Å². The van der Waals surface area contributed by atoms with E-state index in [0.29, 0.717) is 0 Å². The van der Waals surface area contributed by atoms with Crippen LogP contribution in [-0.4, -0.2) is 30.2 Å². The summed E-state index contributed by atoms with van der Waals surface area (Å²) in [6, 6.07) is 0. The third kappa shape index (κ3) is 2.57. The van der Waals surface area contributed by atoms with Crippen LogP contribution in [0.3, 0.4) is 0 Å². The number of thioether (sulfide) groups is 1. The molecule has 7 nitrogen and oxygen atoms in total. The highest BCUT2D eigenvalue weighted by molar-refractivity contribution is 8.01. The molecule has 0 fully saturated rings. The Morgan fingerprint density at radius 2 is 1.88 bits per heavy atom. The van der Waals surface area contributed by atoms with Crippen molar-refractivity contribution < 1.29 is 9.90 Å². The summed E-state index contributed by atoms with van der Waals surface area (Å²) in [5.74, 6) is -1.06. The van der Waals surface area contributed by atoms with Crippen LogP contribution < -0.4 is 11.2 Å². The van der Waals surface area contributed by atoms with Gasteiger partial charge in [-0.2, -0.15) is 5.10 Å². The van der Waals surface area contributed by atoms with Crippen molar-refractivity contribution in [1.29, 1.82) is 0 Å². The molecular formula is C9H13N3O4S. The van der Waals surface area contributed by atoms with Crippen LogP contribution in [0.5, 0.6) is 0 Å². The Bertz CT molecular complexity index is 573. The first-order valence-corrected chi connectivity index (χ1v) is 5.55. The molecule has 1 aromatic rings. The molecule has 0 saturated heterocycles. The maximum atomic E-state index is 11.7. The van der Waals surface area contributed by atoms with E-state index < -0.39 is 22.0 Å². The zero-order valence-corrected chi connectivity index (χ0v) is 10.7. The van der Waals surface area contributed by atoms with Gasteiger partial charge in [-0.25, -0.2) is 9.48 Å². The van der Waals surface area contributed by atoms with Crippen molar-refractivity contribution in [2.24, 2.45) is 14.1 Å². The van der Waals surface area contributed by atoms with Crippen molar-refractivity contribution in [3.8, 4) is 0 Å². The molecule has 0 spiro atoms. The van der Waals surface area contributed by atoms with Crippen molar-refractivity contribution in [3.63, 3.8) is 0 Å². The minimum absolute atomic E-state index is 0.0120. The van der Waals surface area contributed by atoms with E-state index in [0.717, 1.165) is 21.0 Å². The maximum absolute atomic E-state index is 11.7. The van der Waals surface area contributed by atoms with E-state index >= 15 is 0 Å². The fourth-order valence-electron chi connectivity index (χ4n) is 1.02. The highest BCUT2D eigenvalue weighted by atomic mass is 32.2. The Morgan fingerprint density at radius 3 is 2.35 bits per heavy atom. The fraction of sp³-hybridized carbons (Fsp3) is 0.556. The average Bonchev–Trinajstić information content (AvgIpc) is 2.22. The lowest BCUT2D eigenvalue weighted by atomic mass is 10.2. The molecule has 0 aliphatic heterocycles. The van der Waals surface area contributed by atoms with Crippen molar-refractivity contribution in [2.75, 3.05) is 0 Å². The van der Waals surface area contributed by atoms with Gasteiger partial charge in [0, 0.05) is 14.1 Å². The molecule has 0 atom stereocenters. The first-order valence-electron chi connectivity index (χ1n) is 4.73. The molecule has 94 valence electrons. The van der Waals surface area contributed by atoms with Crippen molar-refractivity contribution >= 4 is 17.7 Å². The number of hydrogen-bond donors (Lipinski definition) is 1. The highest BCUT2D eigenvalue weighted by Crippen LogP contribution is 2.28. The summed E-state index contributed by atoms with van der Waals surface area (Å²) in [6.45, 7) is 2.93. The topological polar surface area (TPSA) is 94.2 Å². The van der Waals surface area contributed by atoms with Crippen molar-refractivity contribution in [3.05, 3.63) is 20.8 Å². The standard InChI is InChI=1S/C9H13N3O4S/c1-9(2,7(14)15)17-5-6(13)11(3)8(16)12(4)10-5/h1-4H3,(H,14,15). The molecule has 0 aliphatic rings. The van der Waals surface area contributed by atoms with E-state index in [1.807, 2.05) is 0 Å². The minimum Gasteiger partial charge on any atom is -0.480 e. The molecule has 1 N–H and O–H groups in total. The molecular weight excluding hydrogens is 246 g/mol. The van der Waals surface area contributed by atoms with E-state index in [1.54, 1.807) is 0 Å². The number of carboxylic acids is 1. The van der Waals surface area contributed by atoms with Crippen LogP contribution in [0.25, 0.3) is 0 Å². The lowest BCUT2D eigenvalue weighted by Gasteiger charge is -2.17. The molecule has 8 heteroatoms. The van der Waals surface area contributed by atoms with Gasteiger partial charge in [0.2, 0.25) is 0 Å². The van der Waals surface area contributed by atoms with Gasteiger partial charge in [-0.1, -0.05) is 11.8 Å². The molecule has 0 saturated carbocycles. The second-order valence-electron chi connectivity index (χ2n) is 3.99. The molecule has 0 aromatic carbocycles. The number of carboxylic acid groups (broad SMARTS) is 1. The number of carbonyl (C=O) groups is 1. The first kappa shape index (κ1) is 13.5. The third-order valence-electron chi connectivity index (χ3n) is 2.16. The van der Waals surface area contributed by atoms with Gasteiger partial charge in [-0.05, 0) is 13.8 Å². The summed E-state index contributed by atoms with van der Waals surface area (Å²) in [5, 5.41) is 12.7. The van der Waals surface area contributed by atoms with Gasteiger partial charge < -0.3 is 5.11 Å². The molecule has 1 rings (SSSR count). The lowest BCUT2D eigenvalue weighted by Crippen LogP contribution is -2.40. The highest BCUT2D eigenvalue weighted by Gasteiger charge is 2.31. The van der Waals surface area contributed by atoms with E-state index in [-0.39, 0.29) is 5.03 Å². The van der Waals surface area contributed by atoms with Gasteiger partial charge in [0.1, 0.15) is 4.75 Å². The van der Waals surface area contributed by atoms with Gasteiger partial charge in [0.05, 0.1) is 0 Å². The van der Waals surface area contributed by atoms with Gasteiger partial charge in [-0.3, -0.25) is 14.2 Å². The number of aromatic nitrogens is 3. The van der Waals surface area contributed by atoms with E-state index in [1.165, 1.54) is 27.9 Å². The third-order valence-corrected chi connectivity index (χ3v) is 3.29. The van der Waals surface area contributed by atoms with Crippen LogP contribution >= 0.6 is 11.8 Å². The zero-order valence-electron chi connectivity index (χ0n) is 9.92. The number of nitrogens with zero attached hydrogens (tertiary/aromatic N) is 3. The molecule has 17 heavy (non-hydrogen) atoms. The van der Waals surface area contributed by atoms with Gasteiger partial charge >= 0.3 is 11.7 Å². The van der Waals surface area contributed by atoms with Crippen LogP contribution in [0.4, 0.5) is 0 Å². The lowest BCUT2D eigenvalue weighted by molar-refractivity contribution is -0.138. The Balaban J connectivity index is 3.32. The van der Waals surface area contributed by atoms with Crippen molar-refractivity contribution in [1.82, 2.24) is 14.3 Å². The van der Waals surface area contributed by atoms with Crippen LogP contribution in [0.2, 0.25) is 0 Å². The summed E-state index contributed by atoms with van der Waals surface area (Å²) < 4.78 is 0.714. The Hall–Kier alpha value is -1.57. The first-order chi connectivity index (χ1) is 7.66. The SMILES string of the molecule is Cn1nc(SC(C)(C)C(=O)O)c(=O)n(C)c1=O. The zero-order chi connectivity index (χ0) is 13.4. The van der Waals surface area contributed by atoms with Crippen LogP contribution in [0.15, 0.2) is 14.6 Å². The van der Waals surface area contributed by atoms with Gasteiger partial charge in [0.25, 0.3) is 5.56 Å². The number of aryl methyl sites for hydroxylation is 1. The summed E-state index contributed by atoms with van der Waals surface area (Å²) in [7, 11) is 2.73. The van der Waals surface area contributed by atoms with E-state index in [4.69, 9.17) is 5.11 Å². The predicted octanol–water partition coefficient (Wildman–Crippen LogP) is -0.566. The number of hydrogen-bond acceptors (Lipinski definition) is 5. The number of rotatable bonds is 3. The molecule has 1 aromatic heterocycles. The Labute approximate surface area is 101 Å². The average molecular weight is 259 g/mol. The normalized spacial score (nSPS) is 11.5. The van der Waals surface area contributed by atoms with Crippen molar-refractivity contribution in [2.45, 2.75) is 23.6 Å².